The van der Waals surface area contributed by atoms with Crippen LogP contribution in [0.15, 0.2) is 18.3 Å². The summed E-state index contributed by atoms with van der Waals surface area (Å²) >= 11 is 0. The van der Waals surface area contributed by atoms with Crippen molar-refractivity contribution >= 4 is 11.8 Å². The van der Waals surface area contributed by atoms with E-state index in [9.17, 15) is 45.4 Å². The molecule has 0 spiro atoms. The molecular weight excluding hydrogens is 555 g/mol. The minimum Gasteiger partial charge on any atom is -0.481 e. The van der Waals surface area contributed by atoms with Crippen LogP contribution >= 0.6 is 0 Å². The molecule has 2 aromatic rings. The molecule has 2 amide bonds. The van der Waals surface area contributed by atoms with E-state index in [-0.39, 0.29) is 36.4 Å². The summed E-state index contributed by atoms with van der Waals surface area (Å²) in [6, 6.07) is -0.745. The first-order valence-electron chi connectivity index (χ1n) is 12.4. The number of hydrogen-bond acceptors (Lipinski definition) is 6. The first kappa shape index (κ1) is 29.6. The van der Waals surface area contributed by atoms with Crippen molar-refractivity contribution < 1.29 is 50.2 Å². The summed E-state index contributed by atoms with van der Waals surface area (Å²) in [6.07, 6.45) is -11.4. The highest BCUT2D eigenvalue weighted by Crippen LogP contribution is 2.42. The highest BCUT2D eigenvalue weighted by molar-refractivity contribution is 5.94. The summed E-state index contributed by atoms with van der Waals surface area (Å²) in [5, 5.41) is 18.5. The van der Waals surface area contributed by atoms with Crippen molar-refractivity contribution in [2.45, 2.75) is 68.6 Å². The van der Waals surface area contributed by atoms with E-state index in [1.807, 2.05) is 0 Å². The molecule has 0 bridgehead atoms. The van der Waals surface area contributed by atoms with E-state index in [1.54, 1.807) is 0 Å². The first-order chi connectivity index (χ1) is 18.6. The predicted octanol–water partition coefficient (Wildman–Crippen LogP) is 3.75. The summed E-state index contributed by atoms with van der Waals surface area (Å²) in [5.74, 6) is -3.71. The molecule has 3 heterocycles. The molecule has 2 aromatic heterocycles. The Labute approximate surface area is 223 Å². The maximum absolute atomic E-state index is 14.2. The predicted molar refractivity (Wildman–Crippen MR) is 123 cm³/mol. The highest BCUT2D eigenvalue weighted by atomic mass is 19.4. The summed E-state index contributed by atoms with van der Waals surface area (Å²) in [5.41, 5.74) is -3.33. The van der Waals surface area contributed by atoms with Crippen LogP contribution in [0.25, 0.3) is 11.3 Å². The van der Waals surface area contributed by atoms with Crippen LogP contribution in [0.4, 0.5) is 30.7 Å². The lowest BCUT2D eigenvalue weighted by Gasteiger charge is -2.40. The minimum atomic E-state index is -4.90. The molecule has 0 aromatic carbocycles. The van der Waals surface area contributed by atoms with Crippen molar-refractivity contribution in [3.63, 3.8) is 0 Å². The lowest BCUT2D eigenvalue weighted by Crippen LogP contribution is -2.56. The van der Waals surface area contributed by atoms with E-state index in [2.05, 4.69) is 20.5 Å². The van der Waals surface area contributed by atoms with Crippen molar-refractivity contribution in [2.24, 2.45) is 5.92 Å². The van der Waals surface area contributed by atoms with Crippen LogP contribution in [0.1, 0.15) is 49.0 Å². The average molecular weight is 581 g/mol. The standard InChI is InChI=1S/C24H26F7N5O4/c1-40-19-9-14(15(25)11-32-19)16-10-17(35-34-16)21(38)36-7-4-12(8-18(36)23(26,27)28)20(37)33-13-2-5-22(39,6-3-13)24(29,30)31/h9-13,18,39H,2-8H2,1H3,(H,33,37)(H,34,35)/t12-,13-,18+,22-/m1/s1. The number of halogens is 7. The topological polar surface area (TPSA) is 120 Å². The molecule has 2 fully saturated rings. The molecule has 1 saturated carbocycles. The van der Waals surface area contributed by atoms with Gasteiger partial charge in [-0.05, 0) is 44.6 Å². The van der Waals surface area contributed by atoms with E-state index in [0.29, 0.717) is 4.90 Å². The SMILES string of the molecule is COc1cc(-c2cc(C(=O)N3CC[C@@H](C(=O)N[C@H]4CC[C@@](O)(C(F)(F)F)CC4)C[C@H]3C(F)(F)F)n[nH]2)c(F)cn1. The summed E-state index contributed by atoms with van der Waals surface area (Å²) in [7, 11) is 1.30. The van der Waals surface area contributed by atoms with Crippen LogP contribution in [-0.4, -0.2) is 80.7 Å². The quantitative estimate of drug-likeness (QED) is 0.463. The zero-order valence-electron chi connectivity index (χ0n) is 21.1. The Morgan fingerprint density at radius 2 is 1.82 bits per heavy atom. The molecule has 1 aliphatic carbocycles. The van der Waals surface area contributed by atoms with Gasteiger partial charge in [0.05, 0.1) is 19.0 Å². The van der Waals surface area contributed by atoms with Crippen molar-refractivity contribution in [1.29, 1.82) is 0 Å². The van der Waals surface area contributed by atoms with Crippen molar-refractivity contribution in [3.05, 3.63) is 29.8 Å². The number of nitrogens with zero attached hydrogens (tertiary/aromatic N) is 3. The Morgan fingerprint density at radius 3 is 2.42 bits per heavy atom. The lowest BCUT2D eigenvalue weighted by molar-refractivity contribution is -0.270. The van der Waals surface area contributed by atoms with Gasteiger partial charge in [-0.3, -0.25) is 14.7 Å². The number of ether oxygens (including phenoxy) is 1. The number of pyridine rings is 1. The summed E-state index contributed by atoms with van der Waals surface area (Å²) in [6.45, 7) is -0.445. The molecule has 1 saturated heterocycles. The van der Waals surface area contributed by atoms with Crippen LogP contribution < -0.4 is 10.1 Å². The summed E-state index contributed by atoms with van der Waals surface area (Å²) in [4.78, 5) is 30.0. The number of carbonyl (C=O) groups excluding carboxylic acids is 2. The Balaban J connectivity index is 1.43. The normalized spacial score (nSPS) is 25.9. The monoisotopic (exact) mass is 581 g/mol. The Bertz CT molecular complexity index is 1240. The van der Waals surface area contributed by atoms with Crippen LogP contribution in [0, 0.1) is 11.7 Å². The number of aromatic amines is 1. The minimum absolute atomic E-state index is 0.00396. The fourth-order valence-electron chi connectivity index (χ4n) is 5.05. The third kappa shape index (κ3) is 6.00. The zero-order valence-corrected chi connectivity index (χ0v) is 21.1. The third-order valence-electron chi connectivity index (χ3n) is 7.43. The number of alkyl halides is 6. The van der Waals surface area contributed by atoms with E-state index >= 15 is 0 Å². The van der Waals surface area contributed by atoms with Gasteiger partial charge < -0.3 is 20.1 Å². The molecule has 0 radical (unpaired) electrons. The smallest absolute Gasteiger partial charge is 0.417 e. The average Bonchev–Trinajstić information content (AvgIpc) is 3.38. The molecule has 2 aliphatic rings. The highest BCUT2D eigenvalue weighted by Gasteiger charge is 2.55. The van der Waals surface area contributed by atoms with Crippen LogP contribution in [0.5, 0.6) is 5.88 Å². The maximum Gasteiger partial charge on any atom is 0.417 e. The van der Waals surface area contributed by atoms with Gasteiger partial charge in [0.15, 0.2) is 17.1 Å². The van der Waals surface area contributed by atoms with Crippen molar-refractivity contribution in [3.8, 4) is 17.1 Å². The number of amides is 2. The largest absolute Gasteiger partial charge is 0.481 e. The molecule has 9 nitrogen and oxygen atoms in total. The molecule has 40 heavy (non-hydrogen) atoms. The second-order valence-corrected chi connectivity index (χ2v) is 9.96. The van der Waals surface area contributed by atoms with E-state index in [1.165, 1.54) is 13.2 Å². The van der Waals surface area contributed by atoms with Gasteiger partial charge in [0.1, 0.15) is 6.04 Å². The fourth-order valence-corrected chi connectivity index (χ4v) is 5.05. The maximum atomic E-state index is 14.2. The fraction of sp³-hybridized carbons (Fsp3) is 0.583. The number of hydrogen-bond donors (Lipinski definition) is 3. The molecule has 0 unspecified atom stereocenters. The molecular formula is C24H26F7N5O4. The Morgan fingerprint density at radius 1 is 1.15 bits per heavy atom. The molecule has 2 atom stereocenters. The second-order valence-electron chi connectivity index (χ2n) is 9.96. The van der Waals surface area contributed by atoms with Crippen LogP contribution in [-0.2, 0) is 4.79 Å². The number of aliphatic hydroxyl groups is 1. The van der Waals surface area contributed by atoms with E-state index in [4.69, 9.17) is 4.74 Å². The van der Waals surface area contributed by atoms with Gasteiger partial charge in [0.25, 0.3) is 5.91 Å². The lowest BCUT2D eigenvalue weighted by atomic mass is 9.81. The zero-order chi connectivity index (χ0) is 29.5. The van der Waals surface area contributed by atoms with Gasteiger partial charge in [0, 0.05) is 30.1 Å². The molecule has 220 valence electrons. The van der Waals surface area contributed by atoms with E-state index < -0.39 is 85.1 Å². The molecule has 3 N–H and O–H groups in total. The molecule has 1 aliphatic heterocycles. The number of rotatable bonds is 5. The van der Waals surface area contributed by atoms with Crippen molar-refractivity contribution in [2.75, 3.05) is 13.7 Å². The van der Waals surface area contributed by atoms with Gasteiger partial charge in [-0.1, -0.05) is 0 Å². The number of methoxy groups -OCH3 is 1. The Kier molecular flexibility index (Phi) is 8.02. The number of carbonyl (C=O) groups is 2. The van der Waals surface area contributed by atoms with Crippen LogP contribution in [0.3, 0.4) is 0 Å². The van der Waals surface area contributed by atoms with Gasteiger partial charge in [-0.25, -0.2) is 9.37 Å². The van der Waals surface area contributed by atoms with Crippen molar-refractivity contribution in [1.82, 2.24) is 25.4 Å². The summed E-state index contributed by atoms with van der Waals surface area (Å²) < 4.78 is 100. The second kappa shape index (κ2) is 10.9. The van der Waals surface area contributed by atoms with Gasteiger partial charge in [-0.2, -0.15) is 31.4 Å². The number of nitrogens with one attached hydrogen (secondary N) is 2. The number of H-pyrrole nitrogens is 1. The van der Waals surface area contributed by atoms with Crippen LogP contribution in [0.2, 0.25) is 0 Å². The number of aromatic nitrogens is 3. The third-order valence-corrected chi connectivity index (χ3v) is 7.43. The van der Waals surface area contributed by atoms with Gasteiger partial charge in [-0.15, -0.1) is 0 Å². The number of piperidine rings is 1. The Hall–Kier alpha value is -3.43. The van der Waals surface area contributed by atoms with E-state index in [0.717, 1.165) is 12.3 Å². The van der Waals surface area contributed by atoms with Gasteiger partial charge >= 0.3 is 12.4 Å². The molecule has 4 rings (SSSR count). The first-order valence-corrected chi connectivity index (χ1v) is 12.4. The number of likely N-dealkylation sites (tertiary alicyclic amines) is 1. The molecule has 16 heteroatoms. The van der Waals surface area contributed by atoms with Gasteiger partial charge in [0.2, 0.25) is 11.8 Å².